The third kappa shape index (κ3) is 4.98. The number of aromatic nitrogens is 4. The number of amides is 1. The zero-order chi connectivity index (χ0) is 20.1. The lowest BCUT2D eigenvalue weighted by Crippen LogP contribution is -2.35. The van der Waals surface area contributed by atoms with Crippen molar-refractivity contribution >= 4 is 17.7 Å². The zero-order valence-corrected chi connectivity index (χ0v) is 18.0. The van der Waals surface area contributed by atoms with Gasteiger partial charge in [-0.25, -0.2) is 0 Å². The number of carbonyl (C=O) groups is 1. The molecule has 0 aromatic carbocycles. The van der Waals surface area contributed by atoms with Crippen LogP contribution in [0.3, 0.4) is 0 Å². The van der Waals surface area contributed by atoms with Crippen LogP contribution in [-0.2, 0) is 4.79 Å². The van der Waals surface area contributed by atoms with E-state index >= 15 is 0 Å². The number of thioether (sulfide) groups is 1. The van der Waals surface area contributed by atoms with Crippen molar-refractivity contribution in [1.29, 1.82) is 0 Å². The minimum absolute atomic E-state index is 0.200. The van der Waals surface area contributed by atoms with Crippen molar-refractivity contribution in [2.24, 2.45) is 0 Å². The Morgan fingerprint density at radius 1 is 1.10 bits per heavy atom. The van der Waals surface area contributed by atoms with Gasteiger partial charge in [-0.2, -0.15) is 0 Å². The second-order valence-electron chi connectivity index (χ2n) is 8.04. The maximum Gasteiger partial charge on any atom is 0.233 e. The Balaban J connectivity index is 1.50. The second-order valence-corrected chi connectivity index (χ2v) is 8.98. The molecule has 0 atom stereocenters. The first kappa shape index (κ1) is 20.3. The summed E-state index contributed by atoms with van der Waals surface area (Å²) < 4.78 is 2.27. The minimum Gasteiger partial charge on any atom is -0.341 e. The highest BCUT2D eigenvalue weighted by Gasteiger charge is 2.25. The number of rotatable bonds is 5. The van der Waals surface area contributed by atoms with Crippen LogP contribution in [0.15, 0.2) is 29.7 Å². The molecule has 156 valence electrons. The molecule has 2 fully saturated rings. The van der Waals surface area contributed by atoms with E-state index in [0.717, 1.165) is 62.0 Å². The van der Waals surface area contributed by atoms with E-state index in [9.17, 15) is 4.79 Å². The monoisotopic (exact) mass is 414 g/mol. The molecule has 2 aromatic heterocycles. The van der Waals surface area contributed by atoms with E-state index < -0.39 is 0 Å². The van der Waals surface area contributed by atoms with Crippen molar-refractivity contribution in [2.75, 3.05) is 39.0 Å². The van der Waals surface area contributed by atoms with Crippen molar-refractivity contribution in [3.8, 4) is 11.4 Å². The number of hydrogen-bond donors (Lipinski definition) is 0. The highest BCUT2D eigenvalue weighted by Crippen LogP contribution is 2.35. The largest absolute Gasteiger partial charge is 0.341 e. The van der Waals surface area contributed by atoms with Gasteiger partial charge in [0.05, 0.1) is 5.75 Å². The van der Waals surface area contributed by atoms with Gasteiger partial charge in [-0.3, -0.25) is 14.3 Å². The Labute approximate surface area is 176 Å². The molecule has 0 unspecified atom stereocenters. The highest BCUT2D eigenvalue weighted by atomic mass is 32.2. The van der Waals surface area contributed by atoms with Gasteiger partial charge in [-0.05, 0) is 45.0 Å². The van der Waals surface area contributed by atoms with Gasteiger partial charge in [0.15, 0.2) is 11.0 Å². The lowest BCUT2D eigenvalue weighted by molar-refractivity contribution is -0.128. The first-order valence-corrected chi connectivity index (χ1v) is 11.7. The lowest BCUT2D eigenvalue weighted by Gasteiger charge is -2.26. The summed E-state index contributed by atoms with van der Waals surface area (Å²) in [5.74, 6) is 1.49. The van der Waals surface area contributed by atoms with Gasteiger partial charge in [-0.15, -0.1) is 10.2 Å². The van der Waals surface area contributed by atoms with Crippen LogP contribution in [0.1, 0.15) is 44.6 Å². The van der Waals surface area contributed by atoms with Crippen LogP contribution in [0.25, 0.3) is 11.4 Å². The molecular formula is C21H30N6OS. The Hall–Kier alpha value is -1.93. The number of pyridine rings is 1. The molecule has 1 saturated heterocycles. The smallest absolute Gasteiger partial charge is 0.233 e. The number of likely N-dealkylation sites (N-methyl/N-ethyl adjacent to an activating group) is 1. The average Bonchev–Trinajstić information content (AvgIpc) is 3.07. The van der Waals surface area contributed by atoms with Crippen molar-refractivity contribution in [1.82, 2.24) is 29.5 Å². The third-order valence-corrected chi connectivity index (χ3v) is 6.85. The first-order chi connectivity index (χ1) is 14.2. The Morgan fingerprint density at radius 3 is 2.76 bits per heavy atom. The summed E-state index contributed by atoms with van der Waals surface area (Å²) in [5, 5.41) is 9.84. The standard InChI is InChI=1S/C21H30N6OS/c1-25-11-6-12-26(14-13-25)19(28)16-29-21-24-23-20(17-7-5-10-22-15-17)27(21)18-8-3-2-4-9-18/h5,7,10,15,18H,2-4,6,8-9,11-14,16H2,1H3. The third-order valence-electron chi connectivity index (χ3n) is 5.92. The molecule has 1 aliphatic carbocycles. The summed E-state index contributed by atoms with van der Waals surface area (Å²) in [7, 11) is 2.12. The van der Waals surface area contributed by atoms with Gasteiger partial charge in [-0.1, -0.05) is 31.0 Å². The molecule has 0 radical (unpaired) electrons. The maximum atomic E-state index is 12.8. The van der Waals surface area contributed by atoms with Gasteiger partial charge in [0, 0.05) is 43.6 Å². The van der Waals surface area contributed by atoms with Crippen LogP contribution < -0.4 is 0 Å². The van der Waals surface area contributed by atoms with Crippen molar-refractivity contribution in [2.45, 2.75) is 49.7 Å². The molecular weight excluding hydrogens is 384 g/mol. The zero-order valence-electron chi connectivity index (χ0n) is 17.2. The number of carbonyl (C=O) groups excluding carboxylic acids is 1. The fourth-order valence-electron chi connectivity index (χ4n) is 4.25. The normalized spacial score (nSPS) is 19.3. The van der Waals surface area contributed by atoms with Crippen LogP contribution in [0.2, 0.25) is 0 Å². The average molecular weight is 415 g/mol. The van der Waals surface area contributed by atoms with Gasteiger partial charge < -0.3 is 9.80 Å². The van der Waals surface area contributed by atoms with E-state index in [1.807, 2.05) is 23.2 Å². The summed E-state index contributed by atoms with van der Waals surface area (Å²) in [4.78, 5) is 21.4. The summed E-state index contributed by atoms with van der Waals surface area (Å²) in [6, 6.07) is 4.37. The first-order valence-electron chi connectivity index (χ1n) is 10.7. The minimum atomic E-state index is 0.200. The molecule has 1 aliphatic heterocycles. The molecule has 2 aliphatic rings. The molecule has 0 N–H and O–H groups in total. The van der Waals surface area contributed by atoms with Gasteiger partial charge in [0.1, 0.15) is 0 Å². The molecule has 4 rings (SSSR count). The van der Waals surface area contributed by atoms with E-state index in [0.29, 0.717) is 11.8 Å². The second kappa shape index (κ2) is 9.71. The van der Waals surface area contributed by atoms with Crippen LogP contribution >= 0.6 is 11.8 Å². The fraction of sp³-hybridized carbons (Fsp3) is 0.619. The molecule has 0 spiro atoms. The van der Waals surface area contributed by atoms with Gasteiger partial charge in [0.2, 0.25) is 5.91 Å². The molecule has 0 bridgehead atoms. The predicted octanol–water partition coefficient (Wildman–Crippen LogP) is 3.10. The van der Waals surface area contributed by atoms with Gasteiger partial charge >= 0.3 is 0 Å². The Bertz CT molecular complexity index is 805. The van der Waals surface area contributed by atoms with E-state index in [-0.39, 0.29) is 5.91 Å². The quantitative estimate of drug-likeness (QED) is 0.701. The van der Waals surface area contributed by atoms with Crippen molar-refractivity contribution in [3.05, 3.63) is 24.5 Å². The summed E-state index contributed by atoms with van der Waals surface area (Å²) in [5.41, 5.74) is 0.985. The fourth-order valence-corrected chi connectivity index (χ4v) is 5.16. The van der Waals surface area contributed by atoms with E-state index in [1.165, 1.54) is 31.0 Å². The summed E-state index contributed by atoms with van der Waals surface area (Å²) in [6.07, 6.45) is 10.7. The molecule has 1 saturated carbocycles. The predicted molar refractivity (Wildman–Crippen MR) is 115 cm³/mol. The molecule has 2 aromatic rings. The van der Waals surface area contributed by atoms with Crippen LogP contribution in [0.5, 0.6) is 0 Å². The van der Waals surface area contributed by atoms with Crippen molar-refractivity contribution in [3.63, 3.8) is 0 Å². The molecule has 3 heterocycles. The molecule has 1 amide bonds. The van der Waals surface area contributed by atoms with E-state index in [1.54, 1.807) is 6.20 Å². The Kier molecular flexibility index (Phi) is 6.82. The van der Waals surface area contributed by atoms with E-state index in [4.69, 9.17) is 0 Å². The van der Waals surface area contributed by atoms with Gasteiger partial charge in [0.25, 0.3) is 0 Å². The van der Waals surface area contributed by atoms with Crippen LogP contribution in [-0.4, -0.2) is 74.4 Å². The molecule has 7 nitrogen and oxygen atoms in total. The van der Waals surface area contributed by atoms with Crippen LogP contribution in [0, 0.1) is 0 Å². The number of hydrogen-bond acceptors (Lipinski definition) is 6. The topological polar surface area (TPSA) is 67.2 Å². The highest BCUT2D eigenvalue weighted by molar-refractivity contribution is 7.99. The Morgan fingerprint density at radius 2 is 1.97 bits per heavy atom. The summed E-state index contributed by atoms with van der Waals surface area (Å²) >= 11 is 1.53. The molecule has 8 heteroatoms. The summed E-state index contributed by atoms with van der Waals surface area (Å²) in [6.45, 7) is 3.66. The van der Waals surface area contributed by atoms with Crippen molar-refractivity contribution < 1.29 is 4.79 Å². The molecule has 29 heavy (non-hydrogen) atoms. The SMILES string of the molecule is CN1CCCN(C(=O)CSc2nnc(-c3cccnc3)n2C2CCCCC2)CC1. The van der Waals surface area contributed by atoms with Crippen LogP contribution in [0.4, 0.5) is 0 Å². The lowest BCUT2D eigenvalue weighted by atomic mass is 9.95. The maximum absolute atomic E-state index is 12.8. The number of nitrogens with zero attached hydrogens (tertiary/aromatic N) is 6. The van der Waals surface area contributed by atoms with E-state index in [2.05, 4.69) is 31.7 Å².